The number of rotatable bonds is 6. The Labute approximate surface area is 205 Å². The van der Waals surface area contributed by atoms with Crippen LogP contribution in [0.4, 0.5) is 8.78 Å². The lowest BCUT2D eigenvalue weighted by Gasteiger charge is -2.30. The van der Waals surface area contributed by atoms with Crippen LogP contribution in [0.15, 0.2) is 35.4 Å². The van der Waals surface area contributed by atoms with Crippen molar-refractivity contribution >= 4 is 33.3 Å². The van der Waals surface area contributed by atoms with Crippen LogP contribution in [0, 0.1) is 35.3 Å². The van der Waals surface area contributed by atoms with Gasteiger partial charge in [-0.15, -0.1) is 0 Å². The minimum Gasteiger partial charge on any atom is -0.347 e. The predicted octanol–water partition coefficient (Wildman–Crippen LogP) is 2.90. The molecule has 1 N–H and O–H groups in total. The lowest BCUT2D eigenvalue weighted by Crippen LogP contribution is -2.50. The fourth-order valence-electron chi connectivity index (χ4n) is 4.57. The number of likely N-dealkylation sites (tertiary alicyclic amines) is 1. The van der Waals surface area contributed by atoms with Gasteiger partial charge in [0, 0.05) is 18.0 Å². The van der Waals surface area contributed by atoms with Crippen molar-refractivity contribution in [3.63, 3.8) is 0 Å². The molecule has 1 aromatic carbocycles. The minimum atomic E-state index is -3.58. The lowest BCUT2D eigenvalue weighted by atomic mass is 9.92. The Hall–Kier alpha value is -3.03. The van der Waals surface area contributed by atoms with E-state index >= 15 is 0 Å². The van der Waals surface area contributed by atoms with E-state index < -0.39 is 51.4 Å². The van der Waals surface area contributed by atoms with Gasteiger partial charge in [-0.05, 0) is 49.4 Å². The molecule has 2 fully saturated rings. The van der Waals surface area contributed by atoms with Gasteiger partial charge in [-0.2, -0.15) is 0 Å². The molecule has 0 spiro atoms. The van der Waals surface area contributed by atoms with Crippen molar-refractivity contribution in [1.82, 2.24) is 15.2 Å². The molecule has 35 heavy (non-hydrogen) atoms. The summed E-state index contributed by atoms with van der Waals surface area (Å²) in [5.41, 5.74) is -0.120. The van der Waals surface area contributed by atoms with Crippen LogP contribution in [0.2, 0.25) is 5.02 Å². The van der Waals surface area contributed by atoms with Crippen molar-refractivity contribution in [1.29, 1.82) is 0 Å². The molecule has 1 aromatic heterocycles. The van der Waals surface area contributed by atoms with Gasteiger partial charge in [0.2, 0.25) is 5.91 Å². The molecule has 2 amide bonds. The van der Waals surface area contributed by atoms with E-state index in [4.69, 9.17) is 11.6 Å². The first-order valence-corrected chi connectivity index (χ1v) is 13.3. The number of nitrogens with zero attached hydrogens (tertiary/aromatic N) is 2. The maximum atomic E-state index is 14.6. The molecule has 3 aliphatic rings. The summed E-state index contributed by atoms with van der Waals surface area (Å²) in [6, 6.07) is 2.10. The molecule has 1 saturated heterocycles. The molecule has 1 saturated carbocycles. The highest BCUT2D eigenvalue weighted by atomic mass is 35.5. The van der Waals surface area contributed by atoms with Crippen molar-refractivity contribution in [2.24, 2.45) is 11.8 Å². The van der Waals surface area contributed by atoms with Crippen molar-refractivity contribution in [2.45, 2.75) is 42.3 Å². The molecule has 0 unspecified atom stereocenters. The summed E-state index contributed by atoms with van der Waals surface area (Å²) in [5, 5.41) is 2.46. The van der Waals surface area contributed by atoms with E-state index in [-0.39, 0.29) is 39.4 Å². The molecule has 7 nitrogen and oxygen atoms in total. The number of fused-ring (bicyclic) bond motifs is 1. The molecule has 2 aliphatic carbocycles. The number of aromatic nitrogens is 1. The van der Waals surface area contributed by atoms with Gasteiger partial charge in [0.05, 0.1) is 21.9 Å². The Kier molecular flexibility index (Phi) is 5.80. The van der Waals surface area contributed by atoms with E-state index in [1.807, 2.05) is 0 Å². The lowest BCUT2D eigenvalue weighted by molar-refractivity contribution is -0.126. The summed E-state index contributed by atoms with van der Waals surface area (Å²) in [7, 11) is -3.58. The summed E-state index contributed by atoms with van der Waals surface area (Å²) in [6.07, 6.45) is 3.99. The number of hydrogen-bond donors (Lipinski definition) is 1. The second-order valence-corrected chi connectivity index (χ2v) is 11.5. The van der Waals surface area contributed by atoms with Gasteiger partial charge >= 0.3 is 0 Å². The second kappa shape index (κ2) is 8.57. The zero-order valence-corrected chi connectivity index (χ0v) is 20.0. The second-order valence-electron chi connectivity index (χ2n) is 9.06. The molecule has 2 aromatic rings. The highest BCUT2D eigenvalue weighted by Crippen LogP contribution is 2.43. The van der Waals surface area contributed by atoms with Gasteiger partial charge in [0.25, 0.3) is 5.91 Å². The van der Waals surface area contributed by atoms with Crippen LogP contribution in [0.5, 0.6) is 0 Å². The maximum absolute atomic E-state index is 14.6. The fourth-order valence-corrected chi connectivity index (χ4v) is 5.36. The zero-order valence-electron chi connectivity index (χ0n) is 18.5. The Morgan fingerprint density at radius 2 is 1.94 bits per heavy atom. The molecular weight excluding hydrogens is 500 g/mol. The summed E-state index contributed by atoms with van der Waals surface area (Å²) < 4.78 is 52.6. The van der Waals surface area contributed by atoms with Crippen molar-refractivity contribution in [3.05, 3.63) is 58.4 Å². The van der Waals surface area contributed by atoms with Crippen LogP contribution >= 0.6 is 11.6 Å². The van der Waals surface area contributed by atoms with Crippen LogP contribution < -0.4 is 5.32 Å². The topological polar surface area (TPSA) is 96.4 Å². The van der Waals surface area contributed by atoms with Crippen LogP contribution in [0.1, 0.15) is 41.4 Å². The van der Waals surface area contributed by atoms with E-state index in [2.05, 4.69) is 22.1 Å². The smallest absolute Gasteiger partial charge is 0.274 e. The van der Waals surface area contributed by atoms with Crippen molar-refractivity contribution in [3.8, 4) is 11.8 Å². The molecule has 1 aliphatic heterocycles. The molecule has 11 heteroatoms. The van der Waals surface area contributed by atoms with Crippen LogP contribution in [0.3, 0.4) is 0 Å². The number of sulfone groups is 1. The van der Waals surface area contributed by atoms with E-state index in [9.17, 15) is 26.8 Å². The number of nitrogens with one attached hydrogen (secondary N) is 1. The Morgan fingerprint density at radius 3 is 2.57 bits per heavy atom. The number of carbonyl (C=O) groups is 2. The standard InChI is InChI=1S/C24H20ClF2N3O4S/c1-35(33,34)14-6-7-28-19(9-14)24(32)30-20-5-4-13(20)8-21(30)23(31)29-22(12-2-3-12)15-10-18(27)16(25)11-17(15)26/h6-7,9-13,20-22H,2-3,8H2,1H3,(H,29,31)/t13-,20-,21-,22-/m1/s1. The highest BCUT2D eigenvalue weighted by molar-refractivity contribution is 7.90. The van der Waals surface area contributed by atoms with Gasteiger partial charge in [0.1, 0.15) is 29.4 Å². The summed E-state index contributed by atoms with van der Waals surface area (Å²) >= 11 is 5.68. The van der Waals surface area contributed by atoms with Crippen LogP contribution in [0.25, 0.3) is 0 Å². The minimum absolute atomic E-state index is 0.000339. The molecule has 4 atom stereocenters. The zero-order chi connectivity index (χ0) is 25.1. The molecular formula is C24H20ClF2N3O4S. The third-order valence-electron chi connectivity index (χ3n) is 6.59. The predicted molar refractivity (Wildman–Crippen MR) is 122 cm³/mol. The number of carbonyl (C=O) groups excluding carboxylic acids is 2. The van der Waals surface area contributed by atoms with Gasteiger partial charge < -0.3 is 10.2 Å². The van der Waals surface area contributed by atoms with Crippen molar-refractivity contribution in [2.75, 3.05) is 6.26 Å². The fraction of sp³-hybridized carbons (Fsp3) is 0.375. The Morgan fingerprint density at radius 1 is 1.20 bits per heavy atom. The molecule has 0 radical (unpaired) electrons. The van der Waals surface area contributed by atoms with E-state index in [1.54, 1.807) is 0 Å². The number of pyridine rings is 1. The Bertz CT molecular complexity index is 1420. The number of hydrogen-bond acceptors (Lipinski definition) is 5. The van der Waals surface area contributed by atoms with Gasteiger partial charge in [-0.3, -0.25) is 14.6 Å². The third-order valence-corrected chi connectivity index (χ3v) is 7.99. The van der Waals surface area contributed by atoms with E-state index in [1.165, 1.54) is 23.2 Å². The average Bonchev–Trinajstić information content (AvgIpc) is 3.59. The SMILES string of the molecule is CS(=O)(=O)c1ccnc(C(=O)N2[C@@H](C(=O)N[C@@H](c3cc(F)c(Cl)cc3F)C3CC3)C[C@H]3C#C[C@H]32)c1. The molecule has 182 valence electrons. The van der Waals surface area contributed by atoms with E-state index in [0.717, 1.165) is 31.2 Å². The summed E-state index contributed by atoms with van der Waals surface area (Å²) in [5.74, 6) is 2.89. The maximum Gasteiger partial charge on any atom is 0.274 e. The number of benzene rings is 1. The monoisotopic (exact) mass is 519 g/mol. The molecule has 0 bridgehead atoms. The third kappa shape index (κ3) is 4.39. The highest BCUT2D eigenvalue weighted by Gasteiger charge is 2.50. The summed E-state index contributed by atoms with van der Waals surface area (Å²) in [6.45, 7) is 0. The van der Waals surface area contributed by atoms with Gasteiger partial charge in [-0.25, -0.2) is 17.2 Å². The van der Waals surface area contributed by atoms with Crippen molar-refractivity contribution < 1.29 is 26.8 Å². The van der Waals surface area contributed by atoms with E-state index in [0.29, 0.717) is 0 Å². The molecule has 5 rings (SSSR count). The normalized spacial score (nSPS) is 23.5. The first kappa shape index (κ1) is 23.7. The van der Waals surface area contributed by atoms with Gasteiger partial charge in [-0.1, -0.05) is 23.4 Å². The number of amides is 2. The summed E-state index contributed by atoms with van der Waals surface area (Å²) in [4.78, 5) is 32.0. The average molecular weight is 520 g/mol. The first-order chi connectivity index (χ1) is 16.5. The number of halogens is 3. The van der Waals surface area contributed by atoms with Crippen LogP contribution in [-0.2, 0) is 14.6 Å². The molecule has 2 heterocycles. The van der Waals surface area contributed by atoms with Crippen LogP contribution in [-0.4, -0.2) is 48.5 Å². The quantitative estimate of drug-likeness (QED) is 0.467. The Balaban J connectivity index is 1.42. The largest absolute Gasteiger partial charge is 0.347 e. The first-order valence-electron chi connectivity index (χ1n) is 11.0. The van der Waals surface area contributed by atoms with Gasteiger partial charge in [0.15, 0.2) is 9.84 Å².